The Kier molecular flexibility index (Phi) is 3.61. The predicted molar refractivity (Wildman–Crippen MR) is 84.6 cm³/mol. The number of nitrogens with zero attached hydrogens (tertiary/aromatic N) is 2. The van der Waals surface area contributed by atoms with E-state index in [0.717, 1.165) is 18.5 Å². The highest BCUT2D eigenvalue weighted by molar-refractivity contribution is 5.95. The third kappa shape index (κ3) is 2.99. The van der Waals surface area contributed by atoms with E-state index in [-0.39, 0.29) is 5.91 Å². The van der Waals surface area contributed by atoms with Crippen LogP contribution in [-0.2, 0) is 6.54 Å². The second kappa shape index (κ2) is 5.91. The van der Waals surface area contributed by atoms with E-state index in [2.05, 4.69) is 4.98 Å². The fourth-order valence-corrected chi connectivity index (χ4v) is 2.76. The maximum Gasteiger partial charge on any atom is 0.254 e. The molecule has 0 atom stereocenters. The number of pyridine rings is 1. The minimum Gasteiger partial charge on any atom is -0.486 e. The van der Waals surface area contributed by atoms with Crippen LogP contribution in [0.15, 0.2) is 42.6 Å². The highest BCUT2D eigenvalue weighted by Crippen LogP contribution is 2.33. The summed E-state index contributed by atoms with van der Waals surface area (Å²) in [5.41, 5.74) is 1.54. The van der Waals surface area contributed by atoms with Crippen LogP contribution in [0.4, 0.5) is 0 Å². The van der Waals surface area contributed by atoms with Crippen molar-refractivity contribution in [2.24, 2.45) is 0 Å². The number of hydrogen-bond donors (Lipinski definition) is 0. The molecule has 0 spiro atoms. The molecule has 1 fully saturated rings. The van der Waals surface area contributed by atoms with Crippen molar-refractivity contribution in [3.8, 4) is 11.5 Å². The van der Waals surface area contributed by atoms with Gasteiger partial charge in [-0.25, -0.2) is 0 Å². The summed E-state index contributed by atoms with van der Waals surface area (Å²) in [5, 5.41) is 0. The molecule has 1 amide bonds. The van der Waals surface area contributed by atoms with E-state index in [1.807, 2.05) is 35.2 Å². The van der Waals surface area contributed by atoms with Crippen LogP contribution < -0.4 is 9.47 Å². The van der Waals surface area contributed by atoms with Crippen LogP contribution in [0, 0.1) is 0 Å². The average molecular weight is 310 g/mol. The lowest BCUT2D eigenvalue weighted by molar-refractivity contribution is 0.0726. The van der Waals surface area contributed by atoms with Gasteiger partial charge in [0, 0.05) is 17.8 Å². The van der Waals surface area contributed by atoms with Gasteiger partial charge < -0.3 is 14.4 Å². The van der Waals surface area contributed by atoms with Crippen LogP contribution in [-0.4, -0.2) is 35.0 Å². The first-order valence-electron chi connectivity index (χ1n) is 7.92. The minimum absolute atomic E-state index is 0.0233. The summed E-state index contributed by atoms with van der Waals surface area (Å²) in [6, 6.07) is 11.5. The number of amides is 1. The molecule has 0 unspecified atom stereocenters. The van der Waals surface area contributed by atoms with Crippen LogP contribution in [0.25, 0.3) is 0 Å². The highest BCUT2D eigenvalue weighted by Gasteiger charge is 2.33. The molecule has 1 aliphatic carbocycles. The molecule has 2 aromatic rings. The van der Waals surface area contributed by atoms with Crippen molar-refractivity contribution in [2.45, 2.75) is 25.4 Å². The summed E-state index contributed by atoms with van der Waals surface area (Å²) in [4.78, 5) is 19.2. The molecule has 0 N–H and O–H groups in total. The van der Waals surface area contributed by atoms with Crippen molar-refractivity contribution in [3.05, 3.63) is 53.9 Å². The van der Waals surface area contributed by atoms with Gasteiger partial charge in [-0.1, -0.05) is 6.07 Å². The minimum atomic E-state index is 0.0233. The van der Waals surface area contributed by atoms with Crippen molar-refractivity contribution in [1.29, 1.82) is 0 Å². The van der Waals surface area contributed by atoms with E-state index in [0.29, 0.717) is 42.9 Å². The zero-order chi connectivity index (χ0) is 15.6. The second-order valence-electron chi connectivity index (χ2n) is 5.84. The second-order valence-corrected chi connectivity index (χ2v) is 5.84. The maximum absolute atomic E-state index is 12.9. The molecule has 1 saturated carbocycles. The number of benzene rings is 1. The summed E-state index contributed by atoms with van der Waals surface area (Å²) >= 11 is 0. The van der Waals surface area contributed by atoms with Crippen molar-refractivity contribution >= 4 is 5.91 Å². The molecule has 2 aliphatic rings. The Balaban J connectivity index is 1.58. The van der Waals surface area contributed by atoms with E-state index in [9.17, 15) is 4.79 Å². The highest BCUT2D eigenvalue weighted by atomic mass is 16.6. The fourth-order valence-electron chi connectivity index (χ4n) is 2.76. The third-order valence-corrected chi connectivity index (χ3v) is 4.10. The first-order valence-corrected chi connectivity index (χ1v) is 7.92. The summed E-state index contributed by atoms with van der Waals surface area (Å²) < 4.78 is 11.1. The molecule has 5 heteroatoms. The molecule has 118 valence electrons. The number of ether oxygens (including phenoxy) is 2. The molecule has 2 heterocycles. The number of carbonyl (C=O) groups excluding carboxylic acids is 1. The standard InChI is InChI=1S/C18H18N2O3/c21-18(13-4-7-16-17(11-13)23-10-9-22-16)20(15-5-6-15)12-14-3-1-2-8-19-14/h1-4,7-8,11,15H,5-6,9-10,12H2. The molecule has 0 bridgehead atoms. The summed E-state index contributed by atoms with van der Waals surface area (Å²) in [6.07, 6.45) is 3.88. The Morgan fingerprint density at radius 3 is 2.70 bits per heavy atom. The van der Waals surface area contributed by atoms with Crippen LogP contribution in [0.2, 0.25) is 0 Å². The van der Waals surface area contributed by atoms with E-state index >= 15 is 0 Å². The summed E-state index contributed by atoms with van der Waals surface area (Å²) in [5.74, 6) is 1.38. The van der Waals surface area contributed by atoms with Gasteiger partial charge in [-0.15, -0.1) is 0 Å². The first-order chi connectivity index (χ1) is 11.3. The lowest BCUT2D eigenvalue weighted by atomic mass is 10.1. The van der Waals surface area contributed by atoms with Crippen LogP contribution in [0.5, 0.6) is 11.5 Å². The van der Waals surface area contributed by atoms with Gasteiger partial charge >= 0.3 is 0 Å². The molecule has 5 nitrogen and oxygen atoms in total. The van der Waals surface area contributed by atoms with Gasteiger partial charge in [0.1, 0.15) is 13.2 Å². The Labute approximate surface area is 134 Å². The molecule has 0 saturated heterocycles. The van der Waals surface area contributed by atoms with E-state index < -0.39 is 0 Å². The maximum atomic E-state index is 12.9. The predicted octanol–water partition coefficient (Wildman–Crippen LogP) is 2.66. The Morgan fingerprint density at radius 2 is 1.96 bits per heavy atom. The van der Waals surface area contributed by atoms with Crippen LogP contribution in [0.3, 0.4) is 0 Å². The summed E-state index contributed by atoms with van der Waals surface area (Å²) in [6.45, 7) is 1.61. The molecular formula is C18H18N2O3. The van der Waals surface area contributed by atoms with Crippen LogP contribution in [0.1, 0.15) is 28.9 Å². The number of rotatable bonds is 4. The van der Waals surface area contributed by atoms with Gasteiger partial charge in [0.25, 0.3) is 5.91 Å². The molecule has 1 aliphatic heterocycles. The van der Waals surface area contributed by atoms with Crippen molar-refractivity contribution in [2.75, 3.05) is 13.2 Å². The largest absolute Gasteiger partial charge is 0.486 e. The van der Waals surface area contributed by atoms with E-state index in [4.69, 9.17) is 9.47 Å². The average Bonchev–Trinajstić information content (AvgIpc) is 3.44. The van der Waals surface area contributed by atoms with E-state index in [1.165, 1.54) is 0 Å². The lowest BCUT2D eigenvalue weighted by Gasteiger charge is -2.23. The number of hydrogen-bond acceptors (Lipinski definition) is 4. The number of fused-ring (bicyclic) bond motifs is 1. The Bertz CT molecular complexity index is 713. The zero-order valence-electron chi connectivity index (χ0n) is 12.8. The molecule has 4 rings (SSSR count). The van der Waals surface area contributed by atoms with Crippen molar-refractivity contribution in [3.63, 3.8) is 0 Å². The van der Waals surface area contributed by atoms with Crippen LogP contribution >= 0.6 is 0 Å². The molecule has 1 aromatic heterocycles. The Hall–Kier alpha value is -2.56. The lowest BCUT2D eigenvalue weighted by Crippen LogP contribution is -2.33. The van der Waals surface area contributed by atoms with Gasteiger partial charge in [0.2, 0.25) is 0 Å². The van der Waals surface area contributed by atoms with Gasteiger partial charge in [-0.2, -0.15) is 0 Å². The fraction of sp³-hybridized carbons (Fsp3) is 0.333. The normalized spacial score (nSPS) is 16.0. The number of carbonyl (C=O) groups is 1. The number of aromatic nitrogens is 1. The molecule has 1 aromatic carbocycles. The summed E-state index contributed by atoms with van der Waals surface area (Å²) in [7, 11) is 0. The molecular weight excluding hydrogens is 292 g/mol. The third-order valence-electron chi connectivity index (χ3n) is 4.10. The molecule has 0 radical (unpaired) electrons. The topological polar surface area (TPSA) is 51.7 Å². The van der Waals surface area contributed by atoms with Crippen molar-refractivity contribution < 1.29 is 14.3 Å². The van der Waals surface area contributed by atoms with Gasteiger partial charge in [0.05, 0.1) is 12.2 Å². The smallest absolute Gasteiger partial charge is 0.254 e. The quantitative estimate of drug-likeness (QED) is 0.871. The zero-order valence-corrected chi connectivity index (χ0v) is 12.8. The SMILES string of the molecule is O=C(c1ccc2c(c1)OCCO2)N(Cc1ccccn1)C1CC1. The first kappa shape index (κ1) is 14.1. The van der Waals surface area contributed by atoms with Gasteiger partial charge in [0.15, 0.2) is 11.5 Å². The van der Waals surface area contributed by atoms with Gasteiger partial charge in [-0.3, -0.25) is 9.78 Å². The monoisotopic (exact) mass is 310 g/mol. The Morgan fingerprint density at radius 1 is 1.13 bits per heavy atom. The molecule has 23 heavy (non-hydrogen) atoms. The van der Waals surface area contributed by atoms with Gasteiger partial charge in [-0.05, 0) is 43.2 Å². The van der Waals surface area contributed by atoms with E-state index in [1.54, 1.807) is 12.3 Å². The van der Waals surface area contributed by atoms with Crippen molar-refractivity contribution in [1.82, 2.24) is 9.88 Å².